The molecule has 4 heteroatoms. The highest BCUT2D eigenvalue weighted by molar-refractivity contribution is 5.89. The summed E-state index contributed by atoms with van der Waals surface area (Å²) in [5, 5.41) is 8.85. The summed E-state index contributed by atoms with van der Waals surface area (Å²) in [7, 11) is 0. The van der Waals surface area contributed by atoms with Crippen LogP contribution in [-0.4, -0.2) is 17.7 Å². The van der Waals surface area contributed by atoms with Gasteiger partial charge >= 0.3 is 5.97 Å². The van der Waals surface area contributed by atoms with Crippen molar-refractivity contribution in [2.45, 2.75) is 12.8 Å². The first-order valence-electron chi connectivity index (χ1n) is 6.45. The van der Waals surface area contributed by atoms with E-state index in [0.717, 1.165) is 29.7 Å². The van der Waals surface area contributed by atoms with Gasteiger partial charge < -0.3 is 9.84 Å². The van der Waals surface area contributed by atoms with E-state index in [1.165, 1.54) is 12.1 Å². The molecule has 1 heterocycles. The normalized spacial score (nSPS) is 13.4. The smallest absolute Gasteiger partial charge is 0.338 e. The van der Waals surface area contributed by atoms with Crippen LogP contribution in [0.2, 0.25) is 0 Å². The fourth-order valence-electron chi connectivity index (χ4n) is 2.47. The number of hydrogen-bond acceptors (Lipinski definition) is 2. The number of carboxylic acid groups (broad SMARTS) is 1. The van der Waals surface area contributed by atoms with E-state index in [1.807, 2.05) is 18.2 Å². The number of hydrogen-bond donors (Lipinski definition) is 1. The number of rotatable bonds is 2. The average molecular weight is 272 g/mol. The molecular weight excluding hydrogens is 259 g/mol. The van der Waals surface area contributed by atoms with Gasteiger partial charge in [-0.1, -0.05) is 24.3 Å². The van der Waals surface area contributed by atoms with Crippen LogP contribution < -0.4 is 4.74 Å². The predicted molar refractivity (Wildman–Crippen MR) is 72.6 cm³/mol. The zero-order valence-electron chi connectivity index (χ0n) is 10.7. The van der Waals surface area contributed by atoms with Gasteiger partial charge in [-0.3, -0.25) is 0 Å². The van der Waals surface area contributed by atoms with Gasteiger partial charge in [0.25, 0.3) is 0 Å². The Morgan fingerprint density at radius 1 is 1.25 bits per heavy atom. The molecule has 1 aliphatic heterocycles. The van der Waals surface area contributed by atoms with Crippen LogP contribution >= 0.6 is 0 Å². The molecule has 0 saturated heterocycles. The Morgan fingerprint density at radius 3 is 2.85 bits per heavy atom. The molecule has 0 spiro atoms. The summed E-state index contributed by atoms with van der Waals surface area (Å²) in [6.45, 7) is 0.652. The molecule has 0 fully saturated rings. The van der Waals surface area contributed by atoms with Crippen molar-refractivity contribution >= 4 is 5.97 Å². The first-order chi connectivity index (χ1) is 9.66. The lowest BCUT2D eigenvalue weighted by atomic mass is 9.97. The van der Waals surface area contributed by atoms with Crippen molar-refractivity contribution in [3.8, 4) is 16.9 Å². The van der Waals surface area contributed by atoms with Crippen LogP contribution in [0.1, 0.15) is 22.3 Å². The highest BCUT2D eigenvalue weighted by atomic mass is 19.1. The van der Waals surface area contributed by atoms with Crippen LogP contribution in [0.3, 0.4) is 0 Å². The monoisotopic (exact) mass is 272 g/mol. The van der Waals surface area contributed by atoms with Crippen molar-refractivity contribution < 1.29 is 19.0 Å². The molecule has 0 bridgehead atoms. The van der Waals surface area contributed by atoms with E-state index in [4.69, 9.17) is 9.84 Å². The largest absolute Gasteiger partial charge is 0.493 e. The number of fused-ring (bicyclic) bond motifs is 1. The van der Waals surface area contributed by atoms with Gasteiger partial charge in [-0.15, -0.1) is 0 Å². The van der Waals surface area contributed by atoms with Gasteiger partial charge in [0.15, 0.2) is 0 Å². The summed E-state index contributed by atoms with van der Waals surface area (Å²) in [5.41, 5.74) is 2.22. The van der Waals surface area contributed by atoms with Gasteiger partial charge in [0.1, 0.15) is 11.6 Å². The number of carboxylic acids is 1. The minimum atomic E-state index is -1.26. The van der Waals surface area contributed by atoms with Gasteiger partial charge in [-0.25, -0.2) is 9.18 Å². The second-order valence-electron chi connectivity index (χ2n) is 4.75. The lowest BCUT2D eigenvalue weighted by Gasteiger charge is -2.20. The molecule has 0 saturated carbocycles. The molecule has 0 radical (unpaired) electrons. The fourth-order valence-corrected chi connectivity index (χ4v) is 2.47. The van der Waals surface area contributed by atoms with Gasteiger partial charge in [0.2, 0.25) is 0 Å². The third-order valence-corrected chi connectivity index (χ3v) is 3.44. The van der Waals surface area contributed by atoms with E-state index in [2.05, 4.69) is 0 Å². The van der Waals surface area contributed by atoms with Gasteiger partial charge in [0, 0.05) is 5.56 Å². The lowest BCUT2D eigenvalue weighted by Crippen LogP contribution is -2.09. The summed E-state index contributed by atoms with van der Waals surface area (Å²) in [6, 6.07) is 9.91. The summed E-state index contributed by atoms with van der Waals surface area (Å²) in [5.74, 6) is -1.22. The summed E-state index contributed by atoms with van der Waals surface area (Å²) in [4.78, 5) is 10.8. The average Bonchev–Trinajstić information content (AvgIpc) is 2.46. The van der Waals surface area contributed by atoms with Gasteiger partial charge in [0.05, 0.1) is 12.2 Å². The molecular formula is C16H13FO3. The Morgan fingerprint density at radius 2 is 2.10 bits per heavy atom. The van der Waals surface area contributed by atoms with Crippen molar-refractivity contribution in [1.29, 1.82) is 0 Å². The molecule has 3 rings (SSSR count). The number of benzene rings is 2. The zero-order chi connectivity index (χ0) is 14.1. The van der Waals surface area contributed by atoms with Crippen LogP contribution in [0, 0.1) is 5.82 Å². The maximum absolute atomic E-state index is 13.8. The van der Waals surface area contributed by atoms with Crippen molar-refractivity contribution in [1.82, 2.24) is 0 Å². The Kier molecular flexibility index (Phi) is 3.14. The number of ether oxygens (including phenoxy) is 1. The molecule has 102 valence electrons. The highest BCUT2D eigenvalue weighted by Gasteiger charge is 2.17. The number of aryl methyl sites for hydroxylation is 1. The SMILES string of the molecule is O=C(O)c1ccc(-c2cccc3c2OCCC3)cc1F. The molecule has 2 aromatic rings. The van der Waals surface area contributed by atoms with E-state index in [1.54, 1.807) is 6.07 Å². The minimum Gasteiger partial charge on any atom is -0.493 e. The Bertz CT molecular complexity index is 679. The summed E-state index contributed by atoms with van der Waals surface area (Å²) >= 11 is 0. The van der Waals surface area contributed by atoms with Gasteiger partial charge in [-0.05, 0) is 36.1 Å². The molecule has 1 aliphatic rings. The summed E-state index contributed by atoms with van der Waals surface area (Å²) < 4.78 is 19.5. The lowest BCUT2D eigenvalue weighted by molar-refractivity contribution is 0.0692. The molecule has 0 amide bonds. The van der Waals surface area contributed by atoms with E-state index in [-0.39, 0.29) is 5.56 Å². The Hall–Kier alpha value is -2.36. The van der Waals surface area contributed by atoms with Crippen molar-refractivity contribution in [3.05, 3.63) is 53.3 Å². The van der Waals surface area contributed by atoms with E-state index < -0.39 is 11.8 Å². The molecule has 0 atom stereocenters. The van der Waals surface area contributed by atoms with Crippen LogP contribution in [0.25, 0.3) is 11.1 Å². The van der Waals surface area contributed by atoms with Crippen LogP contribution in [-0.2, 0) is 6.42 Å². The topological polar surface area (TPSA) is 46.5 Å². The molecule has 0 aromatic heterocycles. The first-order valence-corrected chi connectivity index (χ1v) is 6.45. The molecule has 0 aliphatic carbocycles. The fraction of sp³-hybridized carbons (Fsp3) is 0.188. The number of aromatic carboxylic acids is 1. The standard InChI is InChI=1S/C16H13FO3/c17-14-9-11(6-7-13(14)16(18)19)12-5-1-3-10-4-2-8-20-15(10)12/h1,3,5-7,9H,2,4,8H2,(H,18,19). The predicted octanol–water partition coefficient (Wildman–Crippen LogP) is 3.52. The molecule has 2 aromatic carbocycles. The molecule has 20 heavy (non-hydrogen) atoms. The third kappa shape index (κ3) is 2.13. The van der Waals surface area contributed by atoms with Crippen LogP contribution in [0.4, 0.5) is 4.39 Å². The molecule has 1 N–H and O–H groups in total. The van der Waals surface area contributed by atoms with E-state index in [0.29, 0.717) is 12.2 Å². The number of carbonyl (C=O) groups is 1. The Balaban J connectivity index is 2.10. The third-order valence-electron chi connectivity index (χ3n) is 3.44. The quantitative estimate of drug-likeness (QED) is 0.909. The van der Waals surface area contributed by atoms with E-state index in [9.17, 15) is 9.18 Å². The van der Waals surface area contributed by atoms with Crippen molar-refractivity contribution in [3.63, 3.8) is 0 Å². The maximum Gasteiger partial charge on any atom is 0.338 e. The van der Waals surface area contributed by atoms with Gasteiger partial charge in [-0.2, -0.15) is 0 Å². The van der Waals surface area contributed by atoms with E-state index >= 15 is 0 Å². The minimum absolute atomic E-state index is 0.320. The first kappa shape index (κ1) is 12.7. The number of para-hydroxylation sites is 1. The Labute approximate surface area is 115 Å². The molecule has 3 nitrogen and oxygen atoms in total. The second kappa shape index (κ2) is 4.96. The summed E-state index contributed by atoms with van der Waals surface area (Å²) in [6.07, 6.45) is 1.92. The second-order valence-corrected chi connectivity index (χ2v) is 4.75. The van der Waals surface area contributed by atoms with Crippen molar-refractivity contribution in [2.24, 2.45) is 0 Å². The zero-order valence-corrected chi connectivity index (χ0v) is 10.7. The van der Waals surface area contributed by atoms with Crippen LogP contribution in [0.15, 0.2) is 36.4 Å². The highest BCUT2D eigenvalue weighted by Crippen LogP contribution is 2.36. The maximum atomic E-state index is 13.8. The molecule has 0 unspecified atom stereocenters. The number of halogens is 1. The van der Waals surface area contributed by atoms with Crippen molar-refractivity contribution in [2.75, 3.05) is 6.61 Å². The van der Waals surface area contributed by atoms with Crippen LogP contribution in [0.5, 0.6) is 5.75 Å².